The van der Waals surface area contributed by atoms with Gasteiger partial charge in [0.2, 0.25) is 0 Å². The number of halogens is 1. The Bertz CT molecular complexity index is 1240. The van der Waals surface area contributed by atoms with Crippen LogP contribution in [-0.4, -0.2) is 26.2 Å². The number of carbonyl (C=O) groups excluding carboxylic acids is 1. The lowest BCUT2D eigenvalue weighted by Crippen LogP contribution is -2.34. The monoisotopic (exact) mass is 488 g/mol. The van der Waals surface area contributed by atoms with Crippen LogP contribution in [0.4, 0.5) is 10.1 Å². The second-order valence-corrected chi connectivity index (χ2v) is 10.1. The van der Waals surface area contributed by atoms with Crippen LogP contribution in [0, 0.1) is 11.2 Å². The van der Waals surface area contributed by atoms with Crippen LogP contribution in [0.5, 0.6) is 5.75 Å². The molecular weight excluding hydrogens is 455 g/mol. The number of esters is 1. The molecule has 5 nitrogen and oxygen atoms in total. The Morgan fingerprint density at radius 3 is 2.47 bits per heavy atom. The lowest BCUT2D eigenvalue weighted by Gasteiger charge is -2.34. The highest BCUT2D eigenvalue weighted by atomic mass is 19.1. The Balaban J connectivity index is 1.43. The maximum Gasteiger partial charge on any atom is 0.310 e. The van der Waals surface area contributed by atoms with Crippen LogP contribution in [0.15, 0.2) is 60.7 Å². The van der Waals surface area contributed by atoms with Crippen molar-refractivity contribution < 1.29 is 18.7 Å². The average Bonchev–Trinajstić information content (AvgIpc) is 3.67. The first-order valence-corrected chi connectivity index (χ1v) is 12.6. The summed E-state index contributed by atoms with van der Waals surface area (Å²) in [5, 5.41) is 0. The van der Waals surface area contributed by atoms with Gasteiger partial charge >= 0.3 is 5.97 Å². The predicted molar refractivity (Wildman–Crippen MR) is 139 cm³/mol. The van der Waals surface area contributed by atoms with Gasteiger partial charge in [-0.15, -0.1) is 0 Å². The third-order valence-corrected chi connectivity index (χ3v) is 7.61. The molecule has 36 heavy (non-hydrogen) atoms. The Hall–Kier alpha value is -3.38. The van der Waals surface area contributed by atoms with Crippen molar-refractivity contribution in [2.75, 3.05) is 25.1 Å². The molecule has 2 N–H and O–H groups in total. The first-order chi connectivity index (χ1) is 17.5. The van der Waals surface area contributed by atoms with Crippen LogP contribution in [0.25, 0.3) is 11.1 Å². The fourth-order valence-electron chi connectivity index (χ4n) is 5.10. The highest BCUT2D eigenvalue weighted by molar-refractivity contribution is 5.73. The summed E-state index contributed by atoms with van der Waals surface area (Å²) in [6, 6.07) is 19.0. The van der Waals surface area contributed by atoms with Crippen molar-refractivity contribution >= 4 is 11.7 Å². The van der Waals surface area contributed by atoms with E-state index in [0.717, 1.165) is 35.3 Å². The standard InChI is InChI=1S/C30H33FN2O3/c1-35-29(34)17-24-5-6-26(31)18-28(24)36-20-22-14-25(23-4-2-3-21(13-23)19-32)16-27(15-22)33-11-9-30(7-8-30)10-12-33/h2-6,13-16,18H,7-12,17,19-20,32H2,1H3. The lowest BCUT2D eigenvalue weighted by atomic mass is 9.92. The summed E-state index contributed by atoms with van der Waals surface area (Å²) < 4.78 is 24.9. The number of nitrogens with two attached hydrogens (primary N) is 1. The molecule has 6 heteroatoms. The molecule has 1 spiro atoms. The van der Waals surface area contributed by atoms with E-state index in [9.17, 15) is 9.18 Å². The molecule has 0 unspecified atom stereocenters. The zero-order chi connectivity index (χ0) is 25.1. The summed E-state index contributed by atoms with van der Waals surface area (Å²) in [6.07, 6.45) is 5.25. The number of ether oxygens (including phenoxy) is 2. The van der Waals surface area contributed by atoms with Gasteiger partial charge in [0.1, 0.15) is 18.2 Å². The van der Waals surface area contributed by atoms with E-state index >= 15 is 0 Å². The topological polar surface area (TPSA) is 64.8 Å². The summed E-state index contributed by atoms with van der Waals surface area (Å²) >= 11 is 0. The Kier molecular flexibility index (Phi) is 6.97. The maximum absolute atomic E-state index is 14.0. The van der Waals surface area contributed by atoms with Crippen molar-refractivity contribution in [1.82, 2.24) is 0 Å². The Labute approximate surface area is 212 Å². The molecule has 188 valence electrons. The fourth-order valence-corrected chi connectivity index (χ4v) is 5.10. The molecule has 3 aromatic carbocycles. The van der Waals surface area contributed by atoms with Gasteiger partial charge < -0.3 is 20.1 Å². The first kappa shape index (κ1) is 24.3. The lowest BCUT2D eigenvalue weighted by molar-refractivity contribution is -0.139. The molecule has 2 fully saturated rings. The number of hydrogen-bond acceptors (Lipinski definition) is 5. The fraction of sp³-hybridized carbons (Fsp3) is 0.367. The molecule has 0 bridgehead atoms. The molecule has 0 radical (unpaired) electrons. The van der Waals surface area contributed by atoms with Gasteiger partial charge in [-0.3, -0.25) is 4.79 Å². The van der Waals surface area contributed by atoms with Gasteiger partial charge in [0.25, 0.3) is 0 Å². The van der Waals surface area contributed by atoms with Gasteiger partial charge in [0, 0.05) is 37.0 Å². The normalized spacial score (nSPS) is 16.1. The molecule has 3 aromatic rings. The Morgan fingerprint density at radius 2 is 1.75 bits per heavy atom. The number of nitrogens with zero attached hydrogens (tertiary/aromatic N) is 1. The number of benzene rings is 3. The van der Waals surface area contributed by atoms with Gasteiger partial charge in [-0.2, -0.15) is 0 Å². The van der Waals surface area contributed by atoms with Crippen molar-refractivity contribution in [3.8, 4) is 16.9 Å². The van der Waals surface area contributed by atoms with E-state index in [-0.39, 0.29) is 13.0 Å². The van der Waals surface area contributed by atoms with E-state index in [4.69, 9.17) is 15.2 Å². The van der Waals surface area contributed by atoms with Crippen molar-refractivity contribution in [2.24, 2.45) is 11.1 Å². The van der Waals surface area contributed by atoms with E-state index < -0.39 is 11.8 Å². The van der Waals surface area contributed by atoms with E-state index in [0.29, 0.717) is 23.3 Å². The predicted octanol–water partition coefficient (Wildman–Crippen LogP) is 5.63. The number of hydrogen-bond donors (Lipinski definition) is 1. The summed E-state index contributed by atoms with van der Waals surface area (Å²) in [4.78, 5) is 14.3. The van der Waals surface area contributed by atoms with Crippen molar-refractivity contribution in [3.05, 3.63) is 83.2 Å². The minimum atomic E-state index is -0.408. The average molecular weight is 489 g/mol. The summed E-state index contributed by atoms with van der Waals surface area (Å²) in [5.74, 6) is -0.450. The molecular formula is C30H33FN2O3. The SMILES string of the molecule is COC(=O)Cc1ccc(F)cc1OCc1cc(-c2cccc(CN)c2)cc(N2CCC3(CC2)CC3)c1. The third kappa shape index (κ3) is 5.54. The van der Waals surface area contributed by atoms with Crippen LogP contribution in [0.1, 0.15) is 42.4 Å². The molecule has 1 aliphatic heterocycles. The highest BCUT2D eigenvalue weighted by Gasteiger charge is 2.44. The van der Waals surface area contributed by atoms with Crippen molar-refractivity contribution in [1.29, 1.82) is 0 Å². The zero-order valence-electron chi connectivity index (χ0n) is 20.8. The molecule has 5 rings (SSSR count). The van der Waals surface area contributed by atoms with Gasteiger partial charge in [-0.05, 0) is 83.7 Å². The van der Waals surface area contributed by atoms with Gasteiger partial charge in [0.15, 0.2) is 0 Å². The molecule has 0 aromatic heterocycles. The summed E-state index contributed by atoms with van der Waals surface area (Å²) in [7, 11) is 1.34. The minimum Gasteiger partial charge on any atom is -0.488 e. The number of carbonyl (C=O) groups is 1. The zero-order valence-corrected chi connectivity index (χ0v) is 20.8. The van der Waals surface area contributed by atoms with E-state index in [1.807, 2.05) is 12.1 Å². The highest BCUT2D eigenvalue weighted by Crippen LogP contribution is 2.54. The number of anilines is 1. The molecule has 2 aliphatic rings. The second-order valence-electron chi connectivity index (χ2n) is 10.1. The maximum atomic E-state index is 14.0. The second kappa shape index (κ2) is 10.3. The van der Waals surface area contributed by atoms with Gasteiger partial charge in [-0.1, -0.05) is 24.3 Å². The number of methoxy groups -OCH3 is 1. The smallest absolute Gasteiger partial charge is 0.310 e. The molecule has 0 atom stereocenters. The third-order valence-electron chi connectivity index (χ3n) is 7.61. The minimum absolute atomic E-state index is 0.0266. The number of rotatable bonds is 8. The summed E-state index contributed by atoms with van der Waals surface area (Å²) in [5.41, 5.74) is 12.5. The Morgan fingerprint density at radius 1 is 0.972 bits per heavy atom. The van der Waals surface area contributed by atoms with Crippen LogP contribution in [0.3, 0.4) is 0 Å². The van der Waals surface area contributed by atoms with Crippen LogP contribution in [-0.2, 0) is 29.1 Å². The quantitative estimate of drug-likeness (QED) is 0.417. The van der Waals surface area contributed by atoms with Crippen molar-refractivity contribution in [2.45, 2.75) is 45.3 Å². The van der Waals surface area contributed by atoms with Crippen LogP contribution < -0.4 is 15.4 Å². The molecule has 1 heterocycles. The first-order valence-electron chi connectivity index (χ1n) is 12.6. The van der Waals surface area contributed by atoms with E-state index in [1.54, 1.807) is 6.07 Å². The van der Waals surface area contributed by atoms with Gasteiger partial charge in [-0.25, -0.2) is 4.39 Å². The molecule has 1 saturated heterocycles. The summed E-state index contributed by atoms with van der Waals surface area (Å²) in [6.45, 7) is 2.85. The van der Waals surface area contributed by atoms with E-state index in [1.165, 1.54) is 50.6 Å². The van der Waals surface area contributed by atoms with E-state index in [2.05, 4.69) is 35.2 Å². The van der Waals surface area contributed by atoms with Gasteiger partial charge in [0.05, 0.1) is 13.5 Å². The number of piperidine rings is 1. The largest absolute Gasteiger partial charge is 0.488 e. The molecule has 1 aliphatic carbocycles. The van der Waals surface area contributed by atoms with Crippen molar-refractivity contribution in [3.63, 3.8) is 0 Å². The molecule has 0 amide bonds. The van der Waals surface area contributed by atoms with Crippen LogP contribution in [0.2, 0.25) is 0 Å². The molecule has 1 saturated carbocycles. The van der Waals surface area contributed by atoms with Crippen LogP contribution >= 0.6 is 0 Å².